The van der Waals surface area contributed by atoms with Gasteiger partial charge in [0.05, 0.1) is 23.1 Å². The van der Waals surface area contributed by atoms with Crippen LogP contribution in [0.25, 0.3) is 0 Å². The van der Waals surface area contributed by atoms with Gasteiger partial charge >= 0.3 is 0 Å². The molecule has 5 nitrogen and oxygen atoms in total. The quantitative estimate of drug-likeness (QED) is 0.591. The average Bonchev–Trinajstić information content (AvgIpc) is 3.04. The van der Waals surface area contributed by atoms with Crippen LogP contribution in [0.5, 0.6) is 0 Å². The SMILES string of the molecule is CCc1cccc(CC)c1NC(=O)c1ccccc1N1C(=O)[C@@H]2CC=CC[C@H]2C1=O. The molecule has 0 aromatic heterocycles. The number of amides is 3. The molecule has 1 aliphatic heterocycles. The van der Waals surface area contributed by atoms with Crippen LogP contribution >= 0.6 is 0 Å². The molecule has 1 fully saturated rings. The second-order valence-electron chi connectivity index (χ2n) is 7.80. The molecule has 0 spiro atoms. The molecule has 30 heavy (non-hydrogen) atoms. The molecule has 2 aliphatic rings. The van der Waals surface area contributed by atoms with Crippen LogP contribution in [0.4, 0.5) is 11.4 Å². The summed E-state index contributed by atoms with van der Waals surface area (Å²) in [6.07, 6.45) is 6.66. The molecule has 3 amide bonds. The van der Waals surface area contributed by atoms with Crippen molar-refractivity contribution in [1.29, 1.82) is 0 Å². The van der Waals surface area contributed by atoms with Crippen molar-refractivity contribution < 1.29 is 14.4 Å². The summed E-state index contributed by atoms with van der Waals surface area (Å²) < 4.78 is 0. The first-order valence-electron chi connectivity index (χ1n) is 10.6. The van der Waals surface area contributed by atoms with E-state index in [4.69, 9.17) is 0 Å². The van der Waals surface area contributed by atoms with Crippen LogP contribution < -0.4 is 10.2 Å². The van der Waals surface area contributed by atoms with Gasteiger partial charge in [-0.05, 0) is 48.9 Å². The van der Waals surface area contributed by atoms with E-state index in [1.807, 2.05) is 30.4 Å². The first-order valence-corrected chi connectivity index (χ1v) is 10.6. The van der Waals surface area contributed by atoms with Gasteiger partial charge in [0.15, 0.2) is 0 Å². The molecule has 5 heteroatoms. The van der Waals surface area contributed by atoms with Gasteiger partial charge in [-0.3, -0.25) is 14.4 Å². The van der Waals surface area contributed by atoms with Gasteiger partial charge in [0, 0.05) is 5.69 Å². The number of carbonyl (C=O) groups excluding carboxylic acids is 3. The van der Waals surface area contributed by atoms with Crippen LogP contribution in [-0.4, -0.2) is 17.7 Å². The maximum Gasteiger partial charge on any atom is 0.257 e. The third kappa shape index (κ3) is 3.34. The Balaban J connectivity index is 1.69. The number of nitrogens with one attached hydrogen (secondary N) is 1. The Kier molecular flexibility index (Phi) is 5.53. The lowest BCUT2D eigenvalue weighted by atomic mass is 9.85. The van der Waals surface area contributed by atoms with Gasteiger partial charge in [-0.2, -0.15) is 0 Å². The van der Waals surface area contributed by atoms with Gasteiger partial charge in [0.2, 0.25) is 11.8 Å². The number of carbonyl (C=O) groups is 3. The highest BCUT2D eigenvalue weighted by molar-refractivity contribution is 6.25. The maximum absolute atomic E-state index is 13.3. The van der Waals surface area contributed by atoms with Gasteiger partial charge in [-0.15, -0.1) is 0 Å². The second kappa shape index (κ2) is 8.27. The van der Waals surface area contributed by atoms with E-state index < -0.39 is 0 Å². The fraction of sp³-hybridized carbons (Fsp3) is 0.320. The first kappa shape index (κ1) is 20.1. The Hall–Kier alpha value is -3.21. The molecular weight excluding hydrogens is 376 g/mol. The molecule has 154 valence electrons. The second-order valence-corrected chi connectivity index (χ2v) is 7.80. The van der Waals surface area contributed by atoms with Gasteiger partial charge < -0.3 is 5.32 Å². The Bertz CT molecular complexity index is 992. The van der Waals surface area contributed by atoms with Crippen LogP contribution in [0.15, 0.2) is 54.6 Å². The summed E-state index contributed by atoms with van der Waals surface area (Å²) in [4.78, 5) is 40.6. The lowest BCUT2D eigenvalue weighted by Gasteiger charge is -2.20. The van der Waals surface area contributed by atoms with E-state index in [9.17, 15) is 14.4 Å². The molecule has 0 radical (unpaired) electrons. The molecule has 1 heterocycles. The number of hydrogen-bond donors (Lipinski definition) is 1. The van der Waals surface area contributed by atoms with Crippen LogP contribution in [0.3, 0.4) is 0 Å². The third-order valence-electron chi connectivity index (χ3n) is 6.13. The molecule has 1 N–H and O–H groups in total. The van der Waals surface area contributed by atoms with Crippen LogP contribution in [0.2, 0.25) is 0 Å². The molecule has 4 rings (SSSR count). The Morgan fingerprint density at radius 3 is 2.03 bits per heavy atom. The Morgan fingerprint density at radius 2 is 1.47 bits per heavy atom. The summed E-state index contributed by atoms with van der Waals surface area (Å²) in [5, 5.41) is 3.05. The van der Waals surface area contributed by atoms with Crippen molar-refractivity contribution in [2.45, 2.75) is 39.5 Å². The van der Waals surface area contributed by atoms with Crippen LogP contribution in [0, 0.1) is 11.8 Å². The number of hydrogen-bond acceptors (Lipinski definition) is 3. The minimum atomic E-state index is -0.328. The standard InChI is InChI=1S/C25H26N2O3/c1-3-16-10-9-11-17(4-2)22(16)26-23(28)20-14-7-8-15-21(20)27-24(29)18-12-5-6-13-19(18)25(27)30/h5-11,14-15,18-19H,3-4,12-13H2,1-2H3,(H,26,28)/t18-,19-/m1/s1. The summed E-state index contributed by atoms with van der Waals surface area (Å²) in [5.41, 5.74) is 3.64. The summed E-state index contributed by atoms with van der Waals surface area (Å²) in [7, 11) is 0. The number of aryl methyl sites for hydroxylation is 2. The zero-order valence-corrected chi connectivity index (χ0v) is 17.4. The molecule has 1 saturated heterocycles. The number of fused-ring (bicyclic) bond motifs is 1. The number of para-hydroxylation sites is 2. The first-order chi connectivity index (χ1) is 14.6. The molecular formula is C25H26N2O3. The average molecular weight is 402 g/mol. The number of rotatable bonds is 5. The molecule has 2 aromatic rings. The van der Waals surface area contributed by atoms with Crippen molar-refractivity contribution in [3.63, 3.8) is 0 Å². The number of nitrogens with zero attached hydrogens (tertiary/aromatic N) is 1. The van der Waals surface area contributed by atoms with E-state index in [0.717, 1.165) is 29.7 Å². The Labute approximate surface area is 176 Å². The van der Waals surface area contributed by atoms with Crippen molar-refractivity contribution in [3.05, 3.63) is 71.3 Å². The predicted octanol–water partition coefficient (Wildman–Crippen LogP) is 4.52. The lowest BCUT2D eigenvalue weighted by Crippen LogP contribution is -2.33. The smallest absolute Gasteiger partial charge is 0.257 e. The molecule has 0 bridgehead atoms. The molecule has 0 unspecified atom stereocenters. The summed E-state index contributed by atoms with van der Waals surface area (Å²) in [6.45, 7) is 4.10. The van der Waals surface area contributed by atoms with Gasteiger partial charge in [0.1, 0.15) is 0 Å². The monoisotopic (exact) mass is 402 g/mol. The number of allylic oxidation sites excluding steroid dienone is 2. The Morgan fingerprint density at radius 1 is 0.900 bits per heavy atom. The maximum atomic E-state index is 13.3. The van der Waals surface area contributed by atoms with Crippen molar-refractivity contribution >= 4 is 29.1 Å². The van der Waals surface area contributed by atoms with E-state index >= 15 is 0 Å². The minimum absolute atomic E-state index is 0.210. The third-order valence-corrected chi connectivity index (χ3v) is 6.13. The van der Waals surface area contributed by atoms with Crippen LogP contribution in [-0.2, 0) is 22.4 Å². The largest absolute Gasteiger partial charge is 0.321 e. The summed E-state index contributed by atoms with van der Waals surface area (Å²) in [6, 6.07) is 12.9. The van der Waals surface area contributed by atoms with Crippen molar-refractivity contribution in [2.24, 2.45) is 11.8 Å². The highest BCUT2D eigenvalue weighted by atomic mass is 16.2. The predicted molar refractivity (Wildman–Crippen MR) is 117 cm³/mol. The van der Waals surface area contributed by atoms with Crippen LogP contribution in [0.1, 0.15) is 48.2 Å². The number of anilines is 2. The lowest BCUT2D eigenvalue weighted by molar-refractivity contribution is -0.122. The van der Waals surface area contributed by atoms with E-state index in [1.54, 1.807) is 24.3 Å². The number of imide groups is 1. The molecule has 2 atom stereocenters. The van der Waals surface area contributed by atoms with Crippen molar-refractivity contribution in [2.75, 3.05) is 10.2 Å². The molecule has 1 aliphatic carbocycles. The van der Waals surface area contributed by atoms with Crippen molar-refractivity contribution in [3.8, 4) is 0 Å². The fourth-order valence-electron chi connectivity index (χ4n) is 4.48. The topological polar surface area (TPSA) is 66.5 Å². The zero-order valence-electron chi connectivity index (χ0n) is 17.4. The van der Waals surface area contributed by atoms with Gasteiger partial charge in [-0.25, -0.2) is 4.90 Å². The molecule has 0 saturated carbocycles. The van der Waals surface area contributed by atoms with E-state index in [1.165, 1.54) is 4.90 Å². The van der Waals surface area contributed by atoms with E-state index in [-0.39, 0.29) is 29.6 Å². The summed E-state index contributed by atoms with van der Waals surface area (Å²) >= 11 is 0. The van der Waals surface area contributed by atoms with E-state index in [2.05, 4.69) is 19.2 Å². The van der Waals surface area contributed by atoms with Crippen molar-refractivity contribution in [1.82, 2.24) is 0 Å². The minimum Gasteiger partial charge on any atom is -0.321 e. The normalized spacial score (nSPS) is 20.4. The molecule has 2 aromatic carbocycles. The fourth-order valence-corrected chi connectivity index (χ4v) is 4.48. The highest BCUT2D eigenvalue weighted by Gasteiger charge is 2.48. The van der Waals surface area contributed by atoms with Gasteiger partial charge in [0.25, 0.3) is 5.91 Å². The summed E-state index contributed by atoms with van der Waals surface area (Å²) in [5.74, 6) is -1.39. The number of benzene rings is 2. The van der Waals surface area contributed by atoms with Gasteiger partial charge in [-0.1, -0.05) is 56.3 Å². The highest BCUT2D eigenvalue weighted by Crippen LogP contribution is 2.39. The van der Waals surface area contributed by atoms with E-state index in [0.29, 0.717) is 24.1 Å². The zero-order chi connectivity index (χ0) is 21.3.